The van der Waals surface area contributed by atoms with E-state index in [0.29, 0.717) is 22.9 Å². The third kappa shape index (κ3) is 11.6. The Hall–Kier alpha value is -5.13. The quantitative estimate of drug-likeness (QED) is 0.130. The summed E-state index contributed by atoms with van der Waals surface area (Å²) in [7, 11) is 0. The van der Waals surface area contributed by atoms with Gasteiger partial charge >= 0.3 is 30.0 Å². The summed E-state index contributed by atoms with van der Waals surface area (Å²) in [6.45, 7) is 13.2. The number of nitrogens with zero attached hydrogens (tertiary/aromatic N) is 3. The maximum atomic E-state index is 11.5. The Balaban J connectivity index is 0.000000459. The van der Waals surface area contributed by atoms with Crippen molar-refractivity contribution < 1.29 is 50.6 Å². The highest BCUT2D eigenvalue weighted by Crippen LogP contribution is 2.26. The van der Waals surface area contributed by atoms with E-state index in [-0.39, 0.29) is 0 Å². The summed E-state index contributed by atoms with van der Waals surface area (Å²) in [5.74, 6) is -4.76. The number of H-pyrrole nitrogens is 1. The van der Waals surface area contributed by atoms with Crippen LogP contribution in [0.3, 0.4) is 0 Å². The van der Waals surface area contributed by atoms with Crippen LogP contribution in [0.4, 0.5) is 49.5 Å². The topological polar surface area (TPSA) is 174 Å². The third-order valence-electron chi connectivity index (χ3n) is 6.50. The molecule has 0 radical (unpaired) electrons. The van der Waals surface area contributed by atoms with Gasteiger partial charge in [0.25, 0.3) is 0 Å². The number of rotatable bonds is 8. The molecule has 4 aromatic rings. The van der Waals surface area contributed by atoms with Gasteiger partial charge in [-0.15, -0.1) is 0 Å². The highest BCUT2D eigenvalue weighted by Gasteiger charge is 2.38. The van der Waals surface area contributed by atoms with Gasteiger partial charge in [-0.2, -0.15) is 31.3 Å². The van der Waals surface area contributed by atoms with Crippen LogP contribution in [0.2, 0.25) is 0 Å². The molecular formula is C29H32F6N6O6. The van der Waals surface area contributed by atoms with Crippen molar-refractivity contribution in [1.29, 1.82) is 0 Å². The van der Waals surface area contributed by atoms with Crippen LogP contribution in [0, 0.1) is 20.8 Å². The van der Waals surface area contributed by atoms with E-state index < -0.39 is 30.0 Å². The Bertz CT molecular complexity index is 1700. The number of oxazole rings is 1. The lowest BCUT2D eigenvalue weighted by Gasteiger charge is -2.20. The summed E-state index contributed by atoms with van der Waals surface area (Å²) in [5.41, 5.74) is 7.61. The molecule has 4 rings (SSSR count). The summed E-state index contributed by atoms with van der Waals surface area (Å²) >= 11 is 0. The minimum atomic E-state index is -5.08. The van der Waals surface area contributed by atoms with Crippen molar-refractivity contribution in [3.63, 3.8) is 0 Å². The molecule has 2 aromatic heterocycles. The fraction of sp³-hybridized carbons (Fsp3) is 0.345. The van der Waals surface area contributed by atoms with Gasteiger partial charge in [0.15, 0.2) is 5.58 Å². The molecule has 18 heteroatoms. The molecule has 0 saturated heterocycles. The highest BCUT2D eigenvalue weighted by atomic mass is 19.4. The molecule has 47 heavy (non-hydrogen) atoms. The van der Waals surface area contributed by atoms with Gasteiger partial charge in [0.2, 0.25) is 5.95 Å². The van der Waals surface area contributed by atoms with Crippen molar-refractivity contribution in [1.82, 2.24) is 19.9 Å². The average molecular weight is 675 g/mol. The SMILES string of the molecule is CCN(CC)Cc1cnc(Nc2cc(C)c(C)c(C)c2)nc1Nc1ccc2oc(=O)[nH]c2c1.O=C(O)C(F)(F)F.O=C(O)C(F)(F)F. The standard InChI is InChI=1S/C25H30N6O2.2C2HF3O2/c1-6-31(7-2)14-18-13-26-24(28-20-10-15(3)17(5)16(4)11-20)30-23(18)27-19-8-9-22-21(12-19)29-25(32)33-22;2*3-2(4,5)1(6)7/h8-13H,6-7,14H2,1-5H3,(H,29,32)(H2,26,27,28,30);2*(H,6,7). The number of hydrogen-bond acceptors (Lipinski definition) is 9. The molecule has 0 fully saturated rings. The van der Waals surface area contributed by atoms with Crippen molar-refractivity contribution in [3.05, 3.63) is 69.3 Å². The lowest BCUT2D eigenvalue weighted by atomic mass is 10.0. The van der Waals surface area contributed by atoms with Crippen molar-refractivity contribution in [2.24, 2.45) is 0 Å². The molecule has 0 aliphatic heterocycles. The molecule has 256 valence electrons. The molecule has 0 atom stereocenters. The predicted octanol–water partition coefficient (Wildman–Crippen LogP) is 6.43. The number of carbonyl (C=O) groups is 2. The van der Waals surface area contributed by atoms with E-state index in [1.54, 1.807) is 6.07 Å². The number of hydrogen-bond donors (Lipinski definition) is 5. The van der Waals surface area contributed by atoms with Crippen LogP contribution in [0.25, 0.3) is 11.1 Å². The van der Waals surface area contributed by atoms with Crippen molar-refractivity contribution in [2.45, 2.75) is 53.5 Å². The summed E-state index contributed by atoms with van der Waals surface area (Å²) in [6.07, 6.45) is -8.30. The summed E-state index contributed by atoms with van der Waals surface area (Å²) in [4.78, 5) is 43.7. The van der Waals surface area contributed by atoms with Gasteiger partial charge in [-0.1, -0.05) is 13.8 Å². The minimum absolute atomic E-state index is 0.471. The number of fused-ring (bicyclic) bond motifs is 1. The maximum absolute atomic E-state index is 11.5. The number of aliphatic carboxylic acids is 2. The van der Waals surface area contributed by atoms with Crippen LogP contribution in [0.5, 0.6) is 0 Å². The molecule has 12 nitrogen and oxygen atoms in total. The van der Waals surface area contributed by atoms with Gasteiger partial charge in [-0.05, 0) is 80.9 Å². The van der Waals surface area contributed by atoms with Crippen LogP contribution in [0.1, 0.15) is 36.1 Å². The maximum Gasteiger partial charge on any atom is 0.490 e. The normalized spacial score (nSPS) is 11.3. The molecule has 0 aliphatic rings. The molecule has 0 saturated carbocycles. The average Bonchev–Trinajstić information content (AvgIpc) is 3.34. The number of aromatic nitrogens is 3. The van der Waals surface area contributed by atoms with Gasteiger partial charge < -0.3 is 25.3 Å². The fourth-order valence-electron chi connectivity index (χ4n) is 3.78. The van der Waals surface area contributed by atoms with Crippen LogP contribution >= 0.6 is 0 Å². The van der Waals surface area contributed by atoms with E-state index in [1.165, 1.54) is 16.7 Å². The minimum Gasteiger partial charge on any atom is -0.475 e. The monoisotopic (exact) mass is 674 g/mol. The molecule has 0 unspecified atom stereocenters. The number of benzene rings is 2. The van der Waals surface area contributed by atoms with E-state index in [2.05, 4.69) is 72.3 Å². The molecule has 2 heterocycles. The number of aromatic amines is 1. The van der Waals surface area contributed by atoms with Gasteiger partial charge in [0.1, 0.15) is 5.82 Å². The van der Waals surface area contributed by atoms with Crippen molar-refractivity contribution >= 4 is 46.2 Å². The zero-order chi connectivity index (χ0) is 35.7. The predicted molar refractivity (Wildman–Crippen MR) is 160 cm³/mol. The molecule has 0 amide bonds. The Morgan fingerprint density at radius 3 is 1.91 bits per heavy atom. The molecular weight excluding hydrogens is 642 g/mol. The number of alkyl halides is 6. The van der Waals surface area contributed by atoms with E-state index in [4.69, 9.17) is 29.2 Å². The molecule has 5 N–H and O–H groups in total. The molecule has 2 aromatic carbocycles. The Morgan fingerprint density at radius 1 is 0.894 bits per heavy atom. The van der Waals surface area contributed by atoms with Crippen LogP contribution in [-0.2, 0) is 16.1 Å². The van der Waals surface area contributed by atoms with Gasteiger partial charge in [-0.25, -0.2) is 19.4 Å². The van der Waals surface area contributed by atoms with Gasteiger partial charge in [0.05, 0.1) is 5.52 Å². The smallest absolute Gasteiger partial charge is 0.475 e. The van der Waals surface area contributed by atoms with Gasteiger partial charge in [0, 0.05) is 29.7 Å². The van der Waals surface area contributed by atoms with E-state index in [9.17, 15) is 31.1 Å². The molecule has 0 aliphatic carbocycles. The lowest BCUT2D eigenvalue weighted by Crippen LogP contribution is -2.23. The number of aryl methyl sites for hydroxylation is 2. The van der Waals surface area contributed by atoms with Gasteiger partial charge in [-0.3, -0.25) is 9.88 Å². The number of anilines is 4. The number of carboxylic acids is 2. The van der Waals surface area contributed by atoms with Crippen molar-refractivity contribution in [3.8, 4) is 0 Å². The van der Waals surface area contributed by atoms with Crippen molar-refractivity contribution in [2.75, 3.05) is 23.7 Å². The zero-order valence-corrected chi connectivity index (χ0v) is 25.7. The fourth-order valence-corrected chi connectivity index (χ4v) is 3.78. The molecule has 0 bridgehead atoms. The largest absolute Gasteiger partial charge is 0.490 e. The second-order valence-corrected chi connectivity index (χ2v) is 9.85. The Labute approximate surface area is 263 Å². The number of carboxylic acid groups (broad SMARTS) is 2. The van der Waals surface area contributed by atoms with E-state index in [0.717, 1.165) is 36.6 Å². The van der Waals surface area contributed by atoms with Crippen LogP contribution in [-0.4, -0.2) is 67.4 Å². The highest BCUT2D eigenvalue weighted by molar-refractivity contribution is 5.78. The van der Waals surface area contributed by atoms with Crippen LogP contribution < -0.4 is 16.4 Å². The summed E-state index contributed by atoms with van der Waals surface area (Å²) < 4.78 is 68.6. The first-order chi connectivity index (χ1) is 21.7. The second-order valence-electron chi connectivity index (χ2n) is 9.85. The summed E-state index contributed by atoms with van der Waals surface area (Å²) in [6, 6.07) is 9.67. The lowest BCUT2D eigenvalue weighted by molar-refractivity contribution is -0.193. The molecule has 0 spiro atoms. The number of halogens is 6. The zero-order valence-electron chi connectivity index (χ0n) is 25.7. The van der Waals surface area contributed by atoms with Crippen LogP contribution in [0.15, 0.2) is 45.7 Å². The number of nitrogens with one attached hydrogen (secondary N) is 3. The first-order valence-electron chi connectivity index (χ1n) is 13.7. The van der Waals surface area contributed by atoms with E-state index >= 15 is 0 Å². The third-order valence-corrected chi connectivity index (χ3v) is 6.50. The Kier molecular flexibility index (Phi) is 12.9. The first-order valence-corrected chi connectivity index (χ1v) is 13.7. The van der Waals surface area contributed by atoms with E-state index in [1.807, 2.05) is 18.3 Å². The first kappa shape index (κ1) is 38.1. The summed E-state index contributed by atoms with van der Waals surface area (Å²) in [5, 5.41) is 21.0. The Morgan fingerprint density at radius 2 is 1.43 bits per heavy atom. The second kappa shape index (κ2) is 15.9.